The molecule has 0 bridgehead atoms. The molecule has 0 spiro atoms. The summed E-state index contributed by atoms with van der Waals surface area (Å²) in [7, 11) is 0. The molecule has 0 N–H and O–H groups in total. The van der Waals surface area contributed by atoms with Crippen molar-refractivity contribution in [2.45, 2.75) is 79.0 Å². The molecule has 130 valence electrons. The van der Waals surface area contributed by atoms with Crippen LogP contribution in [0.3, 0.4) is 0 Å². The van der Waals surface area contributed by atoms with Crippen LogP contribution in [0.25, 0.3) is 0 Å². The standard InChI is InChI=1S/C8H8O2.3C4H9.Sn/c9-8(10)6-7-4-2-1-3-5-7;3*1-3-4-2;/h1-5H,6H2,(H,9,10);3*1,3-4H2,2H3;/q;;;;+1/p-1. The van der Waals surface area contributed by atoms with Crippen molar-refractivity contribution < 1.29 is 7.87 Å². The molecule has 1 rings (SSSR count). The van der Waals surface area contributed by atoms with Gasteiger partial charge < -0.3 is 0 Å². The molecule has 1 aromatic rings. The zero-order valence-corrected chi connectivity index (χ0v) is 18.1. The Morgan fingerprint density at radius 1 is 0.870 bits per heavy atom. The normalized spacial score (nSPS) is 11.4. The van der Waals surface area contributed by atoms with Gasteiger partial charge in [-0.15, -0.1) is 0 Å². The average molecular weight is 425 g/mol. The molecule has 0 aliphatic carbocycles. The first-order chi connectivity index (χ1) is 11.2. The van der Waals surface area contributed by atoms with Gasteiger partial charge in [-0.3, -0.25) is 0 Å². The van der Waals surface area contributed by atoms with Crippen molar-refractivity contribution >= 4 is 24.8 Å². The maximum absolute atomic E-state index is 12.5. The molecule has 0 saturated carbocycles. The molecule has 0 unspecified atom stereocenters. The van der Waals surface area contributed by atoms with E-state index in [1.807, 2.05) is 30.3 Å². The quantitative estimate of drug-likeness (QED) is 0.378. The van der Waals surface area contributed by atoms with Crippen molar-refractivity contribution in [3.8, 4) is 0 Å². The summed E-state index contributed by atoms with van der Waals surface area (Å²) in [6.07, 6.45) is 7.71. The van der Waals surface area contributed by atoms with Crippen LogP contribution in [0.4, 0.5) is 0 Å². The Bertz CT molecular complexity index is 409. The molecule has 0 radical (unpaired) electrons. The predicted molar refractivity (Wildman–Crippen MR) is 101 cm³/mol. The number of benzene rings is 1. The van der Waals surface area contributed by atoms with Gasteiger partial charge in [0.2, 0.25) is 0 Å². The summed E-state index contributed by atoms with van der Waals surface area (Å²) in [6, 6.07) is 10.0. The van der Waals surface area contributed by atoms with Crippen molar-refractivity contribution in [1.82, 2.24) is 0 Å². The van der Waals surface area contributed by atoms with Gasteiger partial charge in [0.1, 0.15) is 0 Å². The third-order valence-corrected chi connectivity index (χ3v) is 17.2. The van der Waals surface area contributed by atoms with E-state index in [-0.39, 0.29) is 5.97 Å². The van der Waals surface area contributed by atoms with Crippen molar-refractivity contribution in [3.63, 3.8) is 0 Å². The predicted octanol–water partition coefficient (Wildman–Crippen LogP) is 6.12. The Hall–Kier alpha value is -0.511. The summed E-state index contributed by atoms with van der Waals surface area (Å²) in [5.41, 5.74) is 1.07. The Kier molecular flexibility index (Phi) is 10.7. The van der Waals surface area contributed by atoms with Gasteiger partial charge in [0.15, 0.2) is 0 Å². The number of carbonyl (C=O) groups is 1. The fourth-order valence-corrected chi connectivity index (χ4v) is 16.2. The van der Waals surface area contributed by atoms with E-state index in [9.17, 15) is 4.79 Å². The number of rotatable bonds is 12. The first-order valence-electron chi connectivity index (χ1n) is 9.41. The van der Waals surface area contributed by atoms with Crippen molar-refractivity contribution in [3.05, 3.63) is 35.9 Å². The molecule has 0 amide bonds. The van der Waals surface area contributed by atoms with E-state index in [0.717, 1.165) is 5.56 Å². The topological polar surface area (TPSA) is 26.3 Å². The van der Waals surface area contributed by atoms with Crippen molar-refractivity contribution in [2.75, 3.05) is 0 Å². The molecule has 0 aliphatic heterocycles. The second-order valence-electron chi connectivity index (χ2n) is 6.63. The molecule has 0 atom stereocenters. The van der Waals surface area contributed by atoms with E-state index in [0.29, 0.717) is 6.42 Å². The van der Waals surface area contributed by atoms with Gasteiger partial charge >= 0.3 is 148 Å². The Morgan fingerprint density at radius 2 is 1.35 bits per heavy atom. The van der Waals surface area contributed by atoms with Gasteiger partial charge in [0, 0.05) is 0 Å². The van der Waals surface area contributed by atoms with E-state index < -0.39 is 18.8 Å². The van der Waals surface area contributed by atoms with Gasteiger partial charge in [-0.1, -0.05) is 0 Å². The van der Waals surface area contributed by atoms with E-state index in [4.69, 9.17) is 3.07 Å². The zero-order chi connectivity index (χ0) is 17.0. The van der Waals surface area contributed by atoms with Gasteiger partial charge in [0.05, 0.1) is 0 Å². The number of carbonyl (C=O) groups excluding carboxylic acids is 1. The molecule has 3 heteroatoms. The van der Waals surface area contributed by atoms with Gasteiger partial charge in [-0.25, -0.2) is 0 Å². The fraction of sp³-hybridized carbons (Fsp3) is 0.650. The first kappa shape index (κ1) is 20.5. The Labute approximate surface area is 147 Å². The third kappa shape index (κ3) is 8.23. The van der Waals surface area contributed by atoms with Crippen LogP contribution in [-0.4, -0.2) is 24.8 Å². The van der Waals surface area contributed by atoms with Crippen LogP contribution < -0.4 is 0 Å². The van der Waals surface area contributed by atoms with Crippen molar-refractivity contribution in [1.29, 1.82) is 0 Å². The average Bonchev–Trinajstić information content (AvgIpc) is 2.57. The molecule has 0 saturated heterocycles. The second kappa shape index (κ2) is 11.9. The number of unbranched alkanes of at least 4 members (excludes halogenated alkanes) is 3. The monoisotopic (exact) mass is 426 g/mol. The molecule has 0 aromatic heterocycles. The van der Waals surface area contributed by atoms with Crippen LogP contribution in [0.1, 0.15) is 64.9 Å². The molecule has 0 fully saturated rings. The summed E-state index contributed by atoms with van der Waals surface area (Å²) in [5, 5.41) is 0. The summed E-state index contributed by atoms with van der Waals surface area (Å²) >= 11 is -2.79. The van der Waals surface area contributed by atoms with Crippen molar-refractivity contribution in [2.24, 2.45) is 0 Å². The maximum atomic E-state index is 12.5. The minimum absolute atomic E-state index is 0.0234. The molecule has 0 heterocycles. The van der Waals surface area contributed by atoms with E-state index >= 15 is 0 Å². The summed E-state index contributed by atoms with van der Waals surface area (Å²) in [5.74, 6) is 0.0234. The molecule has 1 aromatic carbocycles. The zero-order valence-electron chi connectivity index (χ0n) is 15.3. The summed E-state index contributed by atoms with van der Waals surface area (Å²) in [4.78, 5) is 12.5. The summed E-state index contributed by atoms with van der Waals surface area (Å²) in [6.45, 7) is 6.71. The van der Waals surface area contributed by atoms with Crippen LogP contribution in [0.15, 0.2) is 30.3 Å². The minimum atomic E-state index is -2.79. The van der Waals surface area contributed by atoms with Crippen LogP contribution in [-0.2, 0) is 14.3 Å². The molecular weight excluding hydrogens is 391 g/mol. The van der Waals surface area contributed by atoms with Crippen LogP contribution in [0.5, 0.6) is 0 Å². The summed E-state index contributed by atoms with van der Waals surface area (Å²) < 4.78 is 9.96. The molecular formula is C20H34O2Sn. The third-order valence-electron chi connectivity index (χ3n) is 4.48. The van der Waals surface area contributed by atoms with E-state index in [2.05, 4.69) is 20.8 Å². The van der Waals surface area contributed by atoms with Gasteiger partial charge in [-0.2, -0.15) is 0 Å². The van der Waals surface area contributed by atoms with Gasteiger partial charge in [0.25, 0.3) is 0 Å². The van der Waals surface area contributed by atoms with Crippen LogP contribution in [0.2, 0.25) is 13.3 Å². The second-order valence-corrected chi connectivity index (χ2v) is 18.2. The van der Waals surface area contributed by atoms with Crippen LogP contribution >= 0.6 is 0 Å². The Balaban J connectivity index is 2.76. The number of hydrogen-bond acceptors (Lipinski definition) is 2. The molecule has 2 nitrogen and oxygen atoms in total. The SMILES string of the molecule is CCC[CH2][Sn]([CH2]CCC)([CH2]CCC)[O]C(=O)Cc1ccccc1. The molecule has 0 aliphatic rings. The van der Waals surface area contributed by atoms with E-state index in [1.54, 1.807) is 0 Å². The van der Waals surface area contributed by atoms with Gasteiger partial charge in [-0.05, 0) is 0 Å². The van der Waals surface area contributed by atoms with E-state index in [1.165, 1.54) is 51.8 Å². The molecule has 23 heavy (non-hydrogen) atoms. The first-order valence-corrected chi connectivity index (χ1v) is 16.6. The number of hydrogen-bond donors (Lipinski definition) is 0. The fourth-order valence-electron chi connectivity index (χ4n) is 3.07. The Morgan fingerprint density at radius 3 is 1.78 bits per heavy atom. The van der Waals surface area contributed by atoms with Crippen LogP contribution in [0, 0.1) is 0 Å².